The Hall–Kier alpha value is -2.42. The van der Waals surface area contributed by atoms with E-state index in [1.165, 1.54) is 37.5 Å². The van der Waals surface area contributed by atoms with Gasteiger partial charge in [0.15, 0.2) is 0 Å². The third-order valence-corrected chi connectivity index (χ3v) is 5.59. The van der Waals surface area contributed by atoms with Crippen molar-refractivity contribution < 1.29 is 14.0 Å². The first-order valence-electron chi connectivity index (χ1n) is 11.2. The van der Waals surface area contributed by atoms with Crippen LogP contribution in [0.4, 0.5) is 0 Å². The second-order valence-electron chi connectivity index (χ2n) is 8.03. The van der Waals surface area contributed by atoms with Gasteiger partial charge >= 0.3 is 0 Å². The van der Waals surface area contributed by atoms with Gasteiger partial charge in [0.05, 0.1) is 6.20 Å². The molecule has 1 saturated carbocycles. The molecule has 1 aliphatic carbocycles. The summed E-state index contributed by atoms with van der Waals surface area (Å²) in [7, 11) is 0. The van der Waals surface area contributed by atoms with Crippen LogP contribution in [0.3, 0.4) is 0 Å². The fourth-order valence-corrected chi connectivity index (χ4v) is 4.10. The second kappa shape index (κ2) is 8.98. The molecule has 166 valence electrons. The molecule has 2 aliphatic rings. The molecule has 0 bridgehead atoms. The lowest BCUT2D eigenvalue weighted by atomic mass is 9.95. The van der Waals surface area contributed by atoms with E-state index in [2.05, 4.69) is 32.5 Å². The maximum absolute atomic E-state index is 10.5. The minimum Gasteiger partial charge on any atom is -0.506 e. The Morgan fingerprint density at radius 1 is 1.23 bits per heavy atom. The minimum absolute atomic E-state index is 0. The number of hydrogen-bond donors (Lipinski definition) is 2. The van der Waals surface area contributed by atoms with E-state index in [0.29, 0.717) is 28.7 Å². The predicted molar refractivity (Wildman–Crippen MR) is 122 cm³/mol. The van der Waals surface area contributed by atoms with Gasteiger partial charge < -0.3 is 15.2 Å². The number of nitrogens with zero attached hydrogens (tertiary/aromatic N) is 5. The Labute approximate surface area is 197 Å². The number of hydrogen-bond acceptors (Lipinski definition) is 7. The van der Waals surface area contributed by atoms with E-state index in [4.69, 9.17) is 8.85 Å². The third kappa shape index (κ3) is 4.92. The van der Waals surface area contributed by atoms with Crippen LogP contribution >= 0.6 is 24.8 Å². The molecule has 31 heavy (non-hydrogen) atoms. The molecular formula is C21H26Cl2N6O2. The highest BCUT2D eigenvalue weighted by atomic mass is 35.5. The number of aromatic hydroxyl groups is 1. The summed E-state index contributed by atoms with van der Waals surface area (Å²) >= 11 is 0. The van der Waals surface area contributed by atoms with Crippen molar-refractivity contribution in [1.82, 2.24) is 30.3 Å². The largest absolute Gasteiger partial charge is 0.506 e. The first-order chi connectivity index (χ1) is 15.2. The molecule has 0 amide bonds. The summed E-state index contributed by atoms with van der Waals surface area (Å²) in [6.45, 7) is -0.185. The van der Waals surface area contributed by atoms with Gasteiger partial charge in [0.1, 0.15) is 23.2 Å². The van der Waals surface area contributed by atoms with E-state index >= 15 is 0 Å². The SMILES string of the molecule is Cl.Cl.[2H]C([2H])([2H])n1cc(-c2cnc(-c3ccc(O[C@H]4C[C@H](C)NC5(CC5)C4)nn3)c(O)c2)cn1. The second-order valence-corrected chi connectivity index (χ2v) is 8.03. The molecule has 1 spiro atoms. The Morgan fingerprint density at radius 2 is 2.06 bits per heavy atom. The lowest BCUT2D eigenvalue weighted by Crippen LogP contribution is -2.49. The van der Waals surface area contributed by atoms with E-state index in [1.807, 2.05) is 0 Å². The summed E-state index contributed by atoms with van der Waals surface area (Å²) in [4.78, 5) is 4.30. The van der Waals surface area contributed by atoms with Crippen LogP contribution in [0.5, 0.6) is 11.6 Å². The van der Waals surface area contributed by atoms with E-state index in [9.17, 15) is 5.11 Å². The topological polar surface area (TPSA) is 98.0 Å². The van der Waals surface area contributed by atoms with Crippen LogP contribution in [0.15, 0.2) is 36.8 Å². The lowest BCUT2D eigenvalue weighted by molar-refractivity contribution is 0.106. The number of pyridine rings is 1. The van der Waals surface area contributed by atoms with Gasteiger partial charge in [0.2, 0.25) is 5.88 Å². The van der Waals surface area contributed by atoms with Crippen molar-refractivity contribution in [2.45, 2.75) is 50.3 Å². The molecule has 1 aliphatic heterocycles. The average molecular weight is 468 g/mol. The van der Waals surface area contributed by atoms with Crippen molar-refractivity contribution >= 4 is 24.8 Å². The predicted octanol–water partition coefficient (Wildman–Crippen LogP) is 3.54. The fraction of sp³-hybridized carbons (Fsp3) is 0.429. The number of rotatable bonds is 4. The fourth-order valence-electron chi connectivity index (χ4n) is 4.10. The molecule has 10 heteroatoms. The van der Waals surface area contributed by atoms with Gasteiger partial charge in [-0.15, -0.1) is 35.0 Å². The first-order valence-corrected chi connectivity index (χ1v) is 9.74. The lowest BCUT2D eigenvalue weighted by Gasteiger charge is -2.34. The van der Waals surface area contributed by atoms with Crippen LogP contribution in [0.2, 0.25) is 0 Å². The summed E-state index contributed by atoms with van der Waals surface area (Å²) in [5.74, 6) is 0.367. The molecule has 1 saturated heterocycles. The number of piperidine rings is 1. The summed E-state index contributed by atoms with van der Waals surface area (Å²) in [5, 5.41) is 26.4. The van der Waals surface area contributed by atoms with E-state index in [1.54, 1.807) is 12.1 Å². The van der Waals surface area contributed by atoms with Gasteiger partial charge in [-0.25, -0.2) is 4.98 Å². The summed E-state index contributed by atoms with van der Waals surface area (Å²) < 4.78 is 29.2. The number of aryl methyl sites for hydroxylation is 1. The average Bonchev–Trinajstić information content (AvgIpc) is 3.25. The Morgan fingerprint density at radius 3 is 2.71 bits per heavy atom. The standard InChI is InChI=1S/C21H24N6O2.2ClH/c1-13-7-16(9-21(24-13)5-6-21)29-19-4-3-17(25-26-19)20-18(28)8-14(10-22-20)15-11-23-27(2)12-15;;/h3-4,8,10-13,16,24,28H,5-7,9H2,1-2H3;2*1H/t13-,16-;;/m0../s1/i2D3;;. The van der Waals surface area contributed by atoms with Gasteiger partial charge in [0.25, 0.3) is 0 Å². The first kappa shape index (κ1) is 19.3. The minimum atomic E-state index is -2.36. The van der Waals surface area contributed by atoms with Crippen LogP contribution in [0.25, 0.3) is 22.5 Å². The zero-order chi connectivity index (χ0) is 22.5. The molecule has 3 aromatic heterocycles. The monoisotopic (exact) mass is 467 g/mol. The Kier molecular flexibility index (Phi) is 5.59. The summed E-state index contributed by atoms with van der Waals surface area (Å²) in [6, 6.07) is 5.37. The van der Waals surface area contributed by atoms with Gasteiger partial charge in [-0.05, 0) is 38.3 Å². The van der Waals surface area contributed by atoms with Crippen LogP contribution in [0, 0.1) is 0 Å². The smallest absolute Gasteiger partial charge is 0.233 e. The molecule has 3 aromatic rings. The van der Waals surface area contributed by atoms with Crippen molar-refractivity contribution in [2.24, 2.45) is 6.98 Å². The Bertz CT molecular complexity index is 1140. The Balaban J connectivity index is 0.00000162. The van der Waals surface area contributed by atoms with Crippen LogP contribution < -0.4 is 10.1 Å². The van der Waals surface area contributed by atoms with Gasteiger partial charge in [-0.3, -0.25) is 4.68 Å². The van der Waals surface area contributed by atoms with Gasteiger partial charge in [-0.1, -0.05) is 0 Å². The maximum Gasteiger partial charge on any atom is 0.233 e. The maximum atomic E-state index is 10.5. The highest BCUT2D eigenvalue weighted by molar-refractivity contribution is 5.85. The molecule has 4 heterocycles. The quantitative estimate of drug-likeness (QED) is 0.605. The van der Waals surface area contributed by atoms with E-state index in [-0.39, 0.29) is 47.9 Å². The molecule has 0 unspecified atom stereocenters. The van der Waals surface area contributed by atoms with Crippen LogP contribution in [-0.4, -0.2) is 47.8 Å². The molecular weight excluding hydrogens is 439 g/mol. The molecule has 2 N–H and O–H groups in total. The van der Waals surface area contributed by atoms with Crippen LogP contribution in [0.1, 0.15) is 36.7 Å². The molecule has 0 aromatic carbocycles. The zero-order valence-corrected chi connectivity index (χ0v) is 18.5. The molecule has 5 rings (SSSR count). The molecule has 8 nitrogen and oxygen atoms in total. The van der Waals surface area contributed by atoms with Crippen LogP contribution in [-0.2, 0) is 6.98 Å². The third-order valence-electron chi connectivity index (χ3n) is 5.59. The highest BCUT2D eigenvalue weighted by Crippen LogP contribution is 2.44. The number of ether oxygens (including phenoxy) is 1. The highest BCUT2D eigenvalue weighted by Gasteiger charge is 2.48. The van der Waals surface area contributed by atoms with Crippen molar-refractivity contribution in [3.05, 3.63) is 36.8 Å². The van der Waals surface area contributed by atoms with E-state index < -0.39 is 6.98 Å². The van der Waals surface area contributed by atoms with E-state index in [0.717, 1.165) is 17.5 Å². The summed E-state index contributed by atoms with van der Waals surface area (Å²) in [5.41, 5.74) is 2.02. The number of nitrogens with one attached hydrogen (secondary N) is 1. The number of halogens is 2. The molecule has 2 fully saturated rings. The molecule has 0 radical (unpaired) electrons. The summed E-state index contributed by atoms with van der Waals surface area (Å²) in [6.07, 6.45) is 8.74. The normalized spacial score (nSPS) is 22.9. The van der Waals surface area contributed by atoms with Crippen molar-refractivity contribution in [2.75, 3.05) is 0 Å². The van der Waals surface area contributed by atoms with Gasteiger partial charge in [0, 0.05) is 58.7 Å². The zero-order valence-electron chi connectivity index (χ0n) is 19.9. The van der Waals surface area contributed by atoms with Crippen molar-refractivity contribution in [3.63, 3.8) is 0 Å². The van der Waals surface area contributed by atoms with Gasteiger partial charge in [-0.2, -0.15) is 5.10 Å². The van der Waals surface area contributed by atoms with Crippen molar-refractivity contribution in [1.29, 1.82) is 0 Å². The molecule has 2 atom stereocenters. The van der Waals surface area contributed by atoms with Crippen molar-refractivity contribution in [3.8, 4) is 34.1 Å². The number of aromatic nitrogens is 5.